The minimum Gasteiger partial charge on any atom is -0.480 e. The monoisotopic (exact) mass is 186 g/mol. The number of rotatable bonds is 4. The van der Waals surface area contributed by atoms with Gasteiger partial charge >= 0.3 is 11.7 Å². The van der Waals surface area contributed by atoms with E-state index >= 15 is 0 Å². The highest BCUT2D eigenvalue weighted by Crippen LogP contribution is 2.10. The van der Waals surface area contributed by atoms with E-state index in [2.05, 4.69) is 0 Å². The number of alkyl halides is 2. The summed E-state index contributed by atoms with van der Waals surface area (Å²) in [6.07, 6.45) is -0.0493. The number of carboxylic acids is 1. The summed E-state index contributed by atoms with van der Waals surface area (Å²) in [7, 11) is -2.57. The molecule has 0 aromatic rings. The van der Waals surface area contributed by atoms with Crippen molar-refractivity contribution in [2.75, 3.05) is 0 Å². The van der Waals surface area contributed by atoms with Crippen LogP contribution < -0.4 is 0 Å². The van der Waals surface area contributed by atoms with Crippen molar-refractivity contribution in [3.63, 3.8) is 0 Å². The quantitative estimate of drug-likeness (QED) is 0.707. The van der Waals surface area contributed by atoms with E-state index in [-0.39, 0.29) is 6.42 Å². The van der Waals surface area contributed by atoms with E-state index < -0.39 is 27.8 Å². The Balaban J connectivity index is 4.27. The molecule has 2 unspecified atom stereocenters. The number of aliphatic carboxylic acids is 1. The third kappa shape index (κ3) is 2.92. The van der Waals surface area contributed by atoms with Crippen molar-refractivity contribution >= 4 is 16.8 Å². The maximum absolute atomic E-state index is 11.7. The highest BCUT2D eigenvalue weighted by Gasteiger charge is 2.28. The van der Waals surface area contributed by atoms with Crippen LogP contribution in [0.3, 0.4) is 0 Å². The molecule has 3 nitrogen and oxygen atoms in total. The van der Waals surface area contributed by atoms with E-state index in [1.165, 1.54) is 6.92 Å². The maximum Gasteiger partial charge on any atom is 0.319 e. The molecule has 0 aliphatic rings. The number of halogens is 2. The molecular weight excluding hydrogens is 178 g/mol. The topological polar surface area (TPSA) is 54.4 Å². The average Bonchev–Trinajstić information content (AvgIpc) is 1.88. The molecule has 1 N–H and O–H groups in total. The Morgan fingerprint density at radius 1 is 1.64 bits per heavy atom. The normalized spacial score (nSPS) is 16.4. The van der Waals surface area contributed by atoms with Crippen LogP contribution in [0.4, 0.5) is 8.78 Å². The van der Waals surface area contributed by atoms with Gasteiger partial charge in [0.15, 0.2) is 0 Å². The zero-order valence-electron chi connectivity index (χ0n) is 5.79. The fraction of sp³-hybridized carbons (Fsp3) is 0.800. The summed E-state index contributed by atoms with van der Waals surface area (Å²) in [5, 5.41) is 6.82. The minimum absolute atomic E-state index is 0.0493. The molecule has 0 saturated heterocycles. The van der Waals surface area contributed by atoms with Crippen LogP contribution in [-0.4, -0.2) is 26.3 Å². The lowest BCUT2D eigenvalue weighted by Gasteiger charge is -2.07. The second-order valence-electron chi connectivity index (χ2n) is 1.82. The Hall–Kier alpha value is -0.520. The van der Waals surface area contributed by atoms with E-state index in [1.807, 2.05) is 0 Å². The third-order valence-electron chi connectivity index (χ3n) is 1.10. The number of hydrogen-bond acceptors (Lipinski definition) is 2. The van der Waals surface area contributed by atoms with Gasteiger partial charge < -0.3 is 5.11 Å². The molecular formula is C5H8F2O3S. The Bertz CT molecular complexity index is 171. The molecule has 0 bridgehead atoms. The van der Waals surface area contributed by atoms with E-state index in [9.17, 15) is 17.8 Å². The lowest BCUT2D eigenvalue weighted by atomic mass is 10.3. The largest absolute Gasteiger partial charge is 0.480 e. The van der Waals surface area contributed by atoms with Crippen LogP contribution in [0, 0.1) is 0 Å². The van der Waals surface area contributed by atoms with E-state index in [0.717, 1.165) is 0 Å². The van der Waals surface area contributed by atoms with Crippen LogP contribution in [0.2, 0.25) is 0 Å². The van der Waals surface area contributed by atoms with Gasteiger partial charge in [-0.2, -0.15) is 8.78 Å². The summed E-state index contributed by atoms with van der Waals surface area (Å²) in [6, 6.07) is 0. The van der Waals surface area contributed by atoms with Crippen LogP contribution in [0.5, 0.6) is 0 Å². The average molecular weight is 186 g/mol. The molecule has 0 aliphatic carbocycles. The van der Waals surface area contributed by atoms with Gasteiger partial charge in [-0.3, -0.25) is 9.00 Å². The first-order valence-corrected chi connectivity index (χ1v) is 4.18. The molecule has 0 fully saturated rings. The van der Waals surface area contributed by atoms with Crippen molar-refractivity contribution in [3.8, 4) is 0 Å². The van der Waals surface area contributed by atoms with Gasteiger partial charge in [0.05, 0.1) is 0 Å². The van der Waals surface area contributed by atoms with Gasteiger partial charge in [-0.25, -0.2) is 0 Å². The van der Waals surface area contributed by atoms with Gasteiger partial charge in [0.1, 0.15) is 16.0 Å². The first-order chi connectivity index (χ1) is 5.00. The Kier molecular flexibility index (Phi) is 4.17. The summed E-state index contributed by atoms with van der Waals surface area (Å²) in [5.74, 6) is -4.51. The number of carbonyl (C=O) groups is 1. The standard InChI is InChI=1S/C5H8F2O3S/c1-2-3(4(8)9)11(10)5(6)7/h3,5H,2H2,1H3,(H,8,9). The van der Waals surface area contributed by atoms with Gasteiger partial charge in [0.2, 0.25) is 0 Å². The molecule has 0 radical (unpaired) electrons. The molecule has 0 heterocycles. The maximum atomic E-state index is 11.7. The highest BCUT2D eigenvalue weighted by atomic mass is 32.2. The Morgan fingerprint density at radius 3 is 2.18 bits per heavy atom. The highest BCUT2D eigenvalue weighted by molar-refractivity contribution is 7.86. The SMILES string of the molecule is CCC(C(=O)O)S(=O)C(F)F. The Morgan fingerprint density at radius 2 is 2.09 bits per heavy atom. The van der Waals surface area contributed by atoms with Gasteiger partial charge in [-0.1, -0.05) is 6.92 Å². The summed E-state index contributed by atoms with van der Waals surface area (Å²) >= 11 is 0. The predicted molar refractivity (Wildman–Crippen MR) is 35.9 cm³/mol. The number of hydrogen-bond donors (Lipinski definition) is 1. The van der Waals surface area contributed by atoms with Crippen molar-refractivity contribution in [2.24, 2.45) is 0 Å². The summed E-state index contributed by atoms with van der Waals surface area (Å²) in [5.41, 5.74) is 0. The molecule has 11 heavy (non-hydrogen) atoms. The second-order valence-corrected chi connectivity index (χ2v) is 3.41. The molecule has 0 aromatic carbocycles. The zero-order valence-corrected chi connectivity index (χ0v) is 6.61. The van der Waals surface area contributed by atoms with Gasteiger partial charge in [0.25, 0.3) is 0 Å². The first-order valence-electron chi connectivity index (χ1n) is 2.91. The zero-order chi connectivity index (χ0) is 9.02. The van der Waals surface area contributed by atoms with Crippen LogP contribution in [0.25, 0.3) is 0 Å². The summed E-state index contributed by atoms with van der Waals surface area (Å²) in [6.45, 7) is 1.40. The van der Waals surface area contributed by atoms with Crippen molar-refractivity contribution in [1.29, 1.82) is 0 Å². The summed E-state index contributed by atoms with van der Waals surface area (Å²) in [4.78, 5) is 10.2. The van der Waals surface area contributed by atoms with Crippen molar-refractivity contribution < 1.29 is 22.9 Å². The van der Waals surface area contributed by atoms with Crippen LogP contribution in [0.1, 0.15) is 13.3 Å². The second kappa shape index (κ2) is 4.38. The van der Waals surface area contributed by atoms with Gasteiger partial charge in [0, 0.05) is 0 Å². The van der Waals surface area contributed by atoms with Crippen molar-refractivity contribution in [1.82, 2.24) is 0 Å². The van der Waals surface area contributed by atoms with E-state index in [1.54, 1.807) is 0 Å². The lowest BCUT2D eigenvalue weighted by Crippen LogP contribution is -2.28. The molecule has 0 aromatic heterocycles. The molecule has 0 amide bonds. The molecule has 2 atom stereocenters. The fourth-order valence-corrected chi connectivity index (χ4v) is 1.34. The van der Waals surface area contributed by atoms with E-state index in [0.29, 0.717) is 0 Å². The fourth-order valence-electron chi connectivity index (χ4n) is 0.562. The third-order valence-corrected chi connectivity index (χ3v) is 2.55. The van der Waals surface area contributed by atoms with Gasteiger partial charge in [-0.05, 0) is 6.42 Å². The van der Waals surface area contributed by atoms with Crippen LogP contribution in [-0.2, 0) is 15.6 Å². The van der Waals surface area contributed by atoms with Gasteiger partial charge in [-0.15, -0.1) is 0 Å². The van der Waals surface area contributed by atoms with Crippen LogP contribution in [0.15, 0.2) is 0 Å². The minimum atomic E-state index is -3.07. The van der Waals surface area contributed by atoms with Crippen molar-refractivity contribution in [3.05, 3.63) is 0 Å². The van der Waals surface area contributed by atoms with E-state index in [4.69, 9.17) is 5.11 Å². The summed E-state index contributed by atoms with van der Waals surface area (Å²) < 4.78 is 33.8. The lowest BCUT2D eigenvalue weighted by molar-refractivity contribution is -0.136. The number of carboxylic acid groups (broad SMARTS) is 1. The molecule has 66 valence electrons. The molecule has 0 aliphatic heterocycles. The van der Waals surface area contributed by atoms with Crippen LogP contribution >= 0.6 is 0 Å². The Labute approximate surface area is 64.9 Å². The van der Waals surface area contributed by atoms with Crippen molar-refractivity contribution in [2.45, 2.75) is 24.4 Å². The molecule has 0 spiro atoms. The predicted octanol–water partition coefficient (Wildman–Crippen LogP) is 0.821. The molecule has 0 saturated carbocycles. The molecule has 6 heteroatoms. The molecule has 0 rings (SSSR count). The first kappa shape index (κ1) is 10.5. The smallest absolute Gasteiger partial charge is 0.319 e.